The van der Waals surface area contributed by atoms with Crippen LogP contribution in [-0.2, 0) is 11.3 Å². The summed E-state index contributed by atoms with van der Waals surface area (Å²) in [5.74, 6) is -1.07. The van der Waals surface area contributed by atoms with Crippen molar-refractivity contribution in [3.63, 3.8) is 0 Å². The third-order valence-corrected chi connectivity index (χ3v) is 5.71. The number of nitrogens with one attached hydrogen (secondary N) is 1. The lowest BCUT2D eigenvalue weighted by atomic mass is 10.1. The monoisotopic (exact) mass is 463 g/mol. The van der Waals surface area contributed by atoms with Gasteiger partial charge in [-0.25, -0.2) is 0 Å². The molecule has 2 aromatic carbocycles. The molecule has 1 fully saturated rings. The van der Waals surface area contributed by atoms with Gasteiger partial charge in [0.1, 0.15) is 0 Å². The molecule has 0 radical (unpaired) electrons. The van der Waals surface area contributed by atoms with Crippen LogP contribution in [0.1, 0.15) is 36.6 Å². The molecule has 0 bridgehead atoms. The minimum Gasteiger partial charge on any atom is -0.379 e. The molecule has 0 aromatic heterocycles. The van der Waals surface area contributed by atoms with Gasteiger partial charge in [0, 0.05) is 36.8 Å². The number of benzene rings is 2. The van der Waals surface area contributed by atoms with Crippen LogP contribution < -0.4 is 5.32 Å². The highest BCUT2D eigenvalue weighted by Crippen LogP contribution is 2.27. The molecular formula is C22H23Cl2N3O4. The van der Waals surface area contributed by atoms with E-state index in [-0.39, 0.29) is 36.3 Å². The van der Waals surface area contributed by atoms with Gasteiger partial charge in [0.15, 0.2) is 0 Å². The lowest BCUT2D eigenvalue weighted by molar-refractivity contribution is 0.0383. The van der Waals surface area contributed by atoms with Crippen molar-refractivity contribution in [2.45, 2.75) is 6.54 Å². The maximum absolute atomic E-state index is 12.8. The summed E-state index contributed by atoms with van der Waals surface area (Å²) >= 11 is 6.17. The van der Waals surface area contributed by atoms with Crippen LogP contribution in [0.2, 0.25) is 5.02 Å². The minimum absolute atomic E-state index is 0. The Morgan fingerprint density at radius 1 is 1.03 bits per heavy atom. The molecule has 0 aliphatic carbocycles. The Morgan fingerprint density at radius 2 is 1.74 bits per heavy atom. The highest BCUT2D eigenvalue weighted by molar-refractivity contribution is 6.31. The molecule has 31 heavy (non-hydrogen) atoms. The number of hydrogen-bond acceptors (Lipinski definition) is 5. The zero-order valence-corrected chi connectivity index (χ0v) is 18.4. The second-order valence-electron chi connectivity index (χ2n) is 7.26. The molecule has 2 aliphatic heterocycles. The van der Waals surface area contributed by atoms with Crippen LogP contribution in [0.5, 0.6) is 0 Å². The van der Waals surface area contributed by atoms with Crippen LogP contribution in [0.25, 0.3) is 0 Å². The van der Waals surface area contributed by atoms with E-state index in [1.807, 2.05) is 0 Å². The number of nitrogens with zero attached hydrogens (tertiary/aromatic N) is 2. The van der Waals surface area contributed by atoms with Gasteiger partial charge in [0.05, 0.1) is 30.9 Å². The van der Waals surface area contributed by atoms with E-state index >= 15 is 0 Å². The van der Waals surface area contributed by atoms with Crippen molar-refractivity contribution in [3.8, 4) is 0 Å². The highest BCUT2D eigenvalue weighted by atomic mass is 35.5. The summed E-state index contributed by atoms with van der Waals surface area (Å²) in [7, 11) is 0. The first-order valence-electron chi connectivity index (χ1n) is 9.86. The quantitative estimate of drug-likeness (QED) is 0.666. The second kappa shape index (κ2) is 10.2. The van der Waals surface area contributed by atoms with Crippen molar-refractivity contribution >= 4 is 41.7 Å². The average Bonchev–Trinajstić information content (AvgIpc) is 3.00. The summed E-state index contributed by atoms with van der Waals surface area (Å²) in [5.41, 5.74) is 1.59. The van der Waals surface area contributed by atoms with E-state index in [1.165, 1.54) is 6.07 Å². The Balaban J connectivity index is 0.00000272. The second-order valence-corrected chi connectivity index (χ2v) is 7.67. The zero-order valence-electron chi connectivity index (χ0n) is 16.8. The first-order valence-corrected chi connectivity index (χ1v) is 10.2. The van der Waals surface area contributed by atoms with Gasteiger partial charge in [0.2, 0.25) is 0 Å². The van der Waals surface area contributed by atoms with Gasteiger partial charge in [-0.3, -0.25) is 24.2 Å². The summed E-state index contributed by atoms with van der Waals surface area (Å²) in [6.45, 7) is 4.45. The van der Waals surface area contributed by atoms with Crippen LogP contribution in [0, 0.1) is 0 Å². The van der Waals surface area contributed by atoms with Crippen molar-refractivity contribution < 1.29 is 19.1 Å². The van der Waals surface area contributed by atoms with Gasteiger partial charge in [-0.05, 0) is 29.8 Å². The van der Waals surface area contributed by atoms with Gasteiger partial charge >= 0.3 is 0 Å². The molecule has 7 nitrogen and oxygen atoms in total. The Bertz CT molecular complexity index is 992. The molecule has 164 valence electrons. The third kappa shape index (κ3) is 5.07. The number of ether oxygens (including phenoxy) is 1. The van der Waals surface area contributed by atoms with Crippen LogP contribution in [0.4, 0.5) is 0 Å². The number of imide groups is 1. The number of fused-ring (bicyclic) bond motifs is 1. The number of amides is 3. The van der Waals surface area contributed by atoms with E-state index in [1.54, 1.807) is 36.4 Å². The maximum atomic E-state index is 12.8. The van der Waals surface area contributed by atoms with Gasteiger partial charge in [0.25, 0.3) is 17.7 Å². The fraction of sp³-hybridized carbons (Fsp3) is 0.318. The number of morpholine rings is 1. The largest absolute Gasteiger partial charge is 0.379 e. The predicted octanol–water partition coefficient (Wildman–Crippen LogP) is 2.62. The molecule has 1 N–H and O–H groups in total. The normalized spacial score (nSPS) is 16.1. The van der Waals surface area contributed by atoms with E-state index < -0.39 is 5.91 Å². The molecule has 1 saturated heterocycles. The maximum Gasteiger partial charge on any atom is 0.261 e. The first-order chi connectivity index (χ1) is 14.5. The molecule has 3 amide bonds. The summed E-state index contributed by atoms with van der Waals surface area (Å²) in [4.78, 5) is 41.4. The number of carbonyl (C=O) groups excluding carboxylic acids is 3. The molecule has 2 aliphatic rings. The molecule has 2 aromatic rings. The summed E-state index contributed by atoms with van der Waals surface area (Å²) < 4.78 is 5.31. The van der Waals surface area contributed by atoms with Gasteiger partial charge in [-0.2, -0.15) is 0 Å². The number of hydrogen-bond donors (Lipinski definition) is 1. The first kappa shape index (κ1) is 23.2. The molecule has 2 heterocycles. The van der Waals surface area contributed by atoms with E-state index in [2.05, 4.69) is 10.2 Å². The Labute approximate surface area is 191 Å². The van der Waals surface area contributed by atoms with E-state index in [0.29, 0.717) is 41.5 Å². The van der Waals surface area contributed by atoms with Crippen molar-refractivity contribution in [2.24, 2.45) is 0 Å². The van der Waals surface area contributed by atoms with Gasteiger partial charge in [-0.15, -0.1) is 12.4 Å². The Morgan fingerprint density at radius 3 is 2.48 bits per heavy atom. The van der Waals surface area contributed by atoms with Crippen molar-refractivity contribution in [2.75, 3.05) is 39.4 Å². The van der Waals surface area contributed by atoms with Crippen molar-refractivity contribution in [3.05, 3.63) is 69.7 Å². The van der Waals surface area contributed by atoms with Crippen LogP contribution in [-0.4, -0.2) is 66.9 Å². The van der Waals surface area contributed by atoms with Crippen molar-refractivity contribution in [1.29, 1.82) is 0 Å². The number of carbonyl (C=O) groups is 3. The van der Waals surface area contributed by atoms with Crippen LogP contribution >= 0.6 is 24.0 Å². The van der Waals surface area contributed by atoms with Crippen molar-refractivity contribution in [1.82, 2.24) is 15.1 Å². The summed E-state index contributed by atoms with van der Waals surface area (Å²) in [6.07, 6.45) is 0. The zero-order chi connectivity index (χ0) is 21.1. The highest BCUT2D eigenvalue weighted by Gasteiger charge is 2.36. The van der Waals surface area contributed by atoms with Gasteiger partial charge < -0.3 is 10.1 Å². The number of rotatable bonds is 6. The Hall–Kier alpha value is -2.45. The molecule has 0 saturated carbocycles. The van der Waals surface area contributed by atoms with E-state index in [4.69, 9.17) is 16.3 Å². The Kier molecular flexibility index (Phi) is 7.67. The molecule has 0 spiro atoms. The fourth-order valence-corrected chi connectivity index (χ4v) is 3.82. The smallest absolute Gasteiger partial charge is 0.261 e. The van der Waals surface area contributed by atoms with Crippen LogP contribution in [0.15, 0.2) is 42.5 Å². The minimum atomic E-state index is -0.419. The molecular weight excluding hydrogens is 441 g/mol. The molecule has 0 unspecified atom stereocenters. The van der Waals surface area contributed by atoms with E-state index in [0.717, 1.165) is 24.5 Å². The molecule has 0 atom stereocenters. The fourth-order valence-electron chi connectivity index (χ4n) is 3.63. The summed E-state index contributed by atoms with van der Waals surface area (Å²) in [5, 5.41) is 3.37. The average molecular weight is 464 g/mol. The lowest BCUT2D eigenvalue weighted by Gasteiger charge is -2.26. The lowest BCUT2D eigenvalue weighted by Crippen LogP contribution is -2.41. The standard InChI is InChI=1S/C22H22ClN3O4.ClH/c23-19-4-2-1-3-16(19)14-26-21(28)17-6-5-15(13-18(17)22(26)29)20(27)24-7-8-25-9-11-30-12-10-25;/h1-6,13H,7-12,14H2,(H,24,27);1H. The number of halogens is 2. The topological polar surface area (TPSA) is 79.0 Å². The van der Waals surface area contributed by atoms with Gasteiger partial charge in [-0.1, -0.05) is 29.8 Å². The molecule has 4 rings (SSSR count). The SMILES string of the molecule is Cl.O=C(NCCN1CCOCC1)c1ccc2c(c1)C(=O)N(Cc1ccccc1Cl)C2=O. The summed E-state index contributed by atoms with van der Waals surface area (Å²) in [6, 6.07) is 11.7. The van der Waals surface area contributed by atoms with E-state index in [9.17, 15) is 14.4 Å². The third-order valence-electron chi connectivity index (χ3n) is 5.34. The predicted molar refractivity (Wildman–Crippen MR) is 119 cm³/mol. The van der Waals surface area contributed by atoms with Crippen LogP contribution in [0.3, 0.4) is 0 Å². The molecule has 9 heteroatoms.